The first-order valence-electron chi connectivity index (χ1n) is 8.42. The van der Waals surface area contributed by atoms with Crippen molar-refractivity contribution < 1.29 is 4.79 Å². The van der Waals surface area contributed by atoms with Gasteiger partial charge in [0.05, 0.1) is 0 Å². The van der Waals surface area contributed by atoms with E-state index in [4.69, 9.17) is 5.73 Å². The molecule has 6 heteroatoms. The molecule has 2 aromatic rings. The van der Waals surface area contributed by atoms with Gasteiger partial charge in [0, 0.05) is 29.8 Å². The Balaban J connectivity index is 0.00000208. The van der Waals surface area contributed by atoms with Gasteiger partial charge in [-0.15, -0.1) is 12.4 Å². The van der Waals surface area contributed by atoms with Crippen LogP contribution < -0.4 is 11.1 Å². The molecule has 0 unspecified atom stereocenters. The van der Waals surface area contributed by atoms with Crippen LogP contribution in [0, 0.1) is 0 Å². The summed E-state index contributed by atoms with van der Waals surface area (Å²) in [5.41, 5.74) is 8.33. The van der Waals surface area contributed by atoms with Crippen molar-refractivity contribution in [3.8, 4) is 0 Å². The van der Waals surface area contributed by atoms with Crippen LogP contribution in [-0.4, -0.2) is 16.1 Å². The molecule has 0 aliphatic heterocycles. The lowest BCUT2D eigenvalue weighted by molar-refractivity contribution is 0.102. The summed E-state index contributed by atoms with van der Waals surface area (Å²) in [4.78, 5) is 12.3. The number of anilines is 1. The molecule has 1 aromatic carbocycles. The largest absolute Gasteiger partial charge is 0.326 e. The first-order chi connectivity index (χ1) is 11.3. The van der Waals surface area contributed by atoms with E-state index >= 15 is 0 Å². The number of aromatic nitrogens is 2. The third-order valence-corrected chi connectivity index (χ3v) is 4.59. The molecule has 1 aliphatic rings. The summed E-state index contributed by atoms with van der Waals surface area (Å²) >= 11 is 0. The van der Waals surface area contributed by atoms with Crippen LogP contribution in [0.1, 0.15) is 66.1 Å². The van der Waals surface area contributed by atoms with Crippen molar-refractivity contribution in [2.75, 3.05) is 5.32 Å². The second-order valence-electron chi connectivity index (χ2n) is 6.25. The van der Waals surface area contributed by atoms with E-state index in [0.717, 1.165) is 11.3 Å². The summed E-state index contributed by atoms with van der Waals surface area (Å²) < 4.78 is 0. The van der Waals surface area contributed by atoms with E-state index in [1.54, 1.807) is 12.1 Å². The van der Waals surface area contributed by atoms with E-state index in [2.05, 4.69) is 15.5 Å². The molecule has 1 heterocycles. The van der Waals surface area contributed by atoms with Gasteiger partial charge in [-0.05, 0) is 30.5 Å². The molecule has 5 nitrogen and oxygen atoms in total. The zero-order chi connectivity index (χ0) is 16.1. The van der Waals surface area contributed by atoms with Gasteiger partial charge in [-0.2, -0.15) is 5.10 Å². The molecule has 0 atom stereocenters. The highest BCUT2D eigenvalue weighted by Gasteiger charge is 2.17. The molecule has 0 saturated heterocycles. The molecule has 1 aliphatic carbocycles. The number of H-pyrrole nitrogens is 1. The predicted molar refractivity (Wildman–Crippen MR) is 98.6 cm³/mol. The van der Waals surface area contributed by atoms with Crippen LogP contribution in [0.2, 0.25) is 0 Å². The van der Waals surface area contributed by atoms with Gasteiger partial charge in [0.15, 0.2) is 5.82 Å². The van der Waals surface area contributed by atoms with Gasteiger partial charge in [0.2, 0.25) is 0 Å². The molecule has 1 amide bonds. The Bertz CT molecular complexity index is 645. The molecule has 3 rings (SSSR count). The minimum Gasteiger partial charge on any atom is -0.326 e. The van der Waals surface area contributed by atoms with Crippen LogP contribution in [-0.2, 0) is 6.54 Å². The quantitative estimate of drug-likeness (QED) is 0.730. The van der Waals surface area contributed by atoms with Crippen LogP contribution in [0.3, 0.4) is 0 Å². The number of benzene rings is 1. The molecular formula is C18H25ClN4O. The number of aromatic amines is 1. The van der Waals surface area contributed by atoms with Crippen molar-refractivity contribution in [2.24, 2.45) is 5.73 Å². The minimum absolute atomic E-state index is 0. The van der Waals surface area contributed by atoms with Crippen LogP contribution in [0.4, 0.5) is 5.82 Å². The molecular weight excluding hydrogens is 324 g/mol. The Hall–Kier alpha value is -1.85. The van der Waals surface area contributed by atoms with Crippen LogP contribution in [0.15, 0.2) is 30.3 Å². The van der Waals surface area contributed by atoms with Crippen molar-refractivity contribution in [3.63, 3.8) is 0 Å². The number of nitrogens with one attached hydrogen (secondary N) is 2. The zero-order valence-corrected chi connectivity index (χ0v) is 14.6. The van der Waals surface area contributed by atoms with Crippen molar-refractivity contribution in [1.82, 2.24) is 10.2 Å². The number of rotatable bonds is 4. The smallest absolute Gasteiger partial charge is 0.256 e. The average molecular weight is 349 g/mol. The predicted octanol–water partition coefficient (Wildman–Crippen LogP) is 3.98. The molecule has 0 bridgehead atoms. The summed E-state index contributed by atoms with van der Waals surface area (Å²) in [7, 11) is 0. The fraction of sp³-hybridized carbons (Fsp3) is 0.444. The van der Waals surface area contributed by atoms with Gasteiger partial charge in [-0.3, -0.25) is 9.89 Å². The third-order valence-electron chi connectivity index (χ3n) is 4.59. The first-order valence-corrected chi connectivity index (χ1v) is 8.42. The number of hydrogen-bond donors (Lipinski definition) is 3. The zero-order valence-electron chi connectivity index (χ0n) is 13.8. The molecule has 0 radical (unpaired) electrons. The number of carbonyl (C=O) groups excluding carboxylic acids is 1. The standard InChI is InChI=1S/C18H24N4O.ClH/c19-12-13-7-9-15(10-8-13)18(23)20-17-11-16(21-22-17)14-5-3-1-2-4-6-14;/h7-11,14H,1-6,12,19H2,(H2,20,21,22,23);1H. The Morgan fingerprint density at radius 1 is 1.17 bits per heavy atom. The molecule has 0 spiro atoms. The highest BCUT2D eigenvalue weighted by Crippen LogP contribution is 2.31. The van der Waals surface area contributed by atoms with Crippen molar-refractivity contribution in [2.45, 2.75) is 51.0 Å². The summed E-state index contributed by atoms with van der Waals surface area (Å²) in [5, 5.41) is 10.2. The summed E-state index contributed by atoms with van der Waals surface area (Å²) in [6, 6.07) is 9.29. The lowest BCUT2D eigenvalue weighted by Crippen LogP contribution is -2.12. The van der Waals surface area contributed by atoms with E-state index in [9.17, 15) is 4.79 Å². The lowest BCUT2D eigenvalue weighted by atomic mass is 9.97. The Kier molecular flexibility index (Phi) is 6.82. The van der Waals surface area contributed by atoms with Gasteiger partial charge < -0.3 is 11.1 Å². The lowest BCUT2D eigenvalue weighted by Gasteiger charge is -2.10. The van der Waals surface area contributed by atoms with Crippen LogP contribution in [0.25, 0.3) is 0 Å². The van der Waals surface area contributed by atoms with Crippen molar-refractivity contribution in [1.29, 1.82) is 0 Å². The number of amides is 1. The SMILES string of the molecule is Cl.NCc1ccc(C(=O)Nc2cc(C3CCCCCC3)[nH]n2)cc1. The Labute approximate surface area is 148 Å². The summed E-state index contributed by atoms with van der Waals surface area (Å²) in [6.45, 7) is 0.478. The second kappa shape index (κ2) is 8.85. The monoisotopic (exact) mass is 348 g/mol. The maximum absolute atomic E-state index is 12.3. The molecule has 1 saturated carbocycles. The van der Waals surface area contributed by atoms with Gasteiger partial charge in [-0.1, -0.05) is 37.8 Å². The number of nitrogens with two attached hydrogens (primary N) is 1. The topological polar surface area (TPSA) is 83.8 Å². The first kappa shape index (κ1) is 18.5. The second-order valence-corrected chi connectivity index (χ2v) is 6.25. The maximum atomic E-state index is 12.3. The molecule has 4 N–H and O–H groups in total. The number of nitrogens with zero attached hydrogens (tertiary/aromatic N) is 1. The summed E-state index contributed by atoms with van der Waals surface area (Å²) in [5.74, 6) is 0.990. The molecule has 1 fully saturated rings. The van der Waals surface area contributed by atoms with Gasteiger partial charge in [0.1, 0.15) is 0 Å². The van der Waals surface area contributed by atoms with Crippen molar-refractivity contribution in [3.05, 3.63) is 47.2 Å². The average Bonchev–Trinajstić information content (AvgIpc) is 2.87. The minimum atomic E-state index is -0.146. The molecule has 130 valence electrons. The fourth-order valence-electron chi connectivity index (χ4n) is 3.18. The van der Waals surface area contributed by atoms with E-state index < -0.39 is 0 Å². The fourth-order valence-corrected chi connectivity index (χ4v) is 3.18. The number of halogens is 1. The number of carbonyl (C=O) groups is 1. The highest BCUT2D eigenvalue weighted by atomic mass is 35.5. The third kappa shape index (κ3) is 4.58. The Morgan fingerprint density at radius 3 is 2.46 bits per heavy atom. The Morgan fingerprint density at radius 2 is 1.83 bits per heavy atom. The normalized spacial score (nSPS) is 15.4. The van der Waals surface area contributed by atoms with E-state index in [1.165, 1.54) is 38.5 Å². The van der Waals surface area contributed by atoms with Gasteiger partial charge in [-0.25, -0.2) is 0 Å². The van der Waals surface area contributed by atoms with E-state index in [-0.39, 0.29) is 18.3 Å². The van der Waals surface area contributed by atoms with E-state index in [1.807, 2.05) is 18.2 Å². The van der Waals surface area contributed by atoms with Crippen molar-refractivity contribution >= 4 is 24.1 Å². The van der Waals surface area contributed by atoms with Gasteiger partial charge in [0.25, 0.3) is 5.91 Å². The summed E-state index contributed by atoms with van der Waals surface area (Å²) in [6.07, 6.45) is 7.62. The highest BCUT2D eigenvalue weighted by molar-refractivity contribution is 6.03. The molecule has 24 heavy (non-hydrogen) atoms. The van der Waals surface area contributed by atoms with Gasteiger partial charge >= 0.3 is 0 Å². The van der Waals surface area contributed by atoms with Crippen LogP contribution >= 0.6 is 12.4 Å². The van der Waals surface area contributed by atoms with Crippen LogP contribution in [0.5, 0.6) is 0 Å². The molecule has 1 aromatic heterocycles. The van der Waals surface area contributed by atoms with E-state index in [0.29, 0.717) is 23.8 Å². The number of hydrogen-bond acceptors (Lipinski definition) is 3. The maximum Gasteiger partial charge on any atom is 0.256 e.